The number of hydrogen-bond acceptors (Lipinski definition) is 2. The molecule has 1 N–H and O–H groups in total. The first kappa shape index (κ1) is 10.4. The van der Waals surface area contributed by atoms with Gasteiger partial charge in [0, 0.05) is 6.42 Å². The third-order valence-corrected chi connectivity index (χ3v) is 1.84. The maximum absolute atomic E-state index is 13.2. The molecule has 0 aliphatic rings. The van der Waals surface area contributed by atoms with Gasteiger partial charge in [-0.15, -0.1) is 0 Å². The molecule has 3 nitrogen and oxygen atoms in total. The fourth-order valence-electron chi connectivity index (χ4n) is 1.06. The molecule has 0 amide bonds. The van der Waals surface area contributed by atoms with E-state index in [1.807, 2.05) is 0 Å². The van der Waals surface area contributed by atoms with Crippen LogP contribution in [0.3, 0.4) is 0 Å². The number of ketones is 1. The van der Waals surface area contributed by atoms with E-state index in [-0.39, 0.29) is 23.3 Å². The zero-order valence-corrected chi connectivity index (χ0v) is 7.58. The van der Waals surface area contributed by atoms with E-state index in [9.17, 15) is 14.0 Å². The minimum Gasteiger partial charge on any atom is -0.478 e. The Morgan fingerprint density at radius 1 is 1.43 bits per heavy atom. The molecule has 0 radical (unpaired) electrons. The number of benzene rings is 1. The van der Waals surface area contributed by atoms with E-state index in [1.165, 1.54) is 12.1 Å². The van der Waals surface area contributed by atoms with Crippen LogP contribution in [-0.2, 0) is 0 Å². The third kappa shape index (κ3) is 1.96. The Morgan fingerprint density at radius 2 is 2.07 bits per heavy atom. The van der Waals surface area contributed by atoms with Crippen LogP contribution < -0.4 is 0 Å². The molecule has 1 aromatic rings. The Labute approximate surface area is 80.2 Å². The van der Waals surface area contributed by atoms with Crippen LogP contribution in [0.15, 0.2) is 18.2 Å². The van der Waals surface area contributed by atoms with Gasteiger partial charge in [0.25, 0.3) is 0 Å². The van der Waals surface area contributed by atoms with Crippen LogP contribution >= 0.6 is 0 Å². The summed E-state index contributed by atoms with van der Waals surface area (Å²) < 4.78 is 13.2. The second-order valence-corrected chi connectivity index (χ2v) is 2.78. The molecule has 1 aromatic carbocycles. The van der Waals surface area contributed by atoms with Crippen molar-refractivity contribution in [1.82, 2.24) is 0 Å². The summed E-state index contributed by atoms with van der Waals surface area (Å²) in [5, 5.41) is 8.54. The van der Waals surface area contributed by atoms with E-state index in [2.05, 4.69) is 0 Å². The highest BCUT2D eigenvalue weighted by Gasteiger charge is 2.12. The molecule has 0 bridgehead atoms. The molecule has 0 aliphatic carbocycles. The minimum absolute atomic E-state index is 0.0579. The van der Waals surface area contributed by atoms with Crippen molar-refractivity contribution >= 4 is 11.8 Å². The standard InChI is InChI=1S/C10H9FO3/c1-2-9(12)7-4-3-6(10(13)14)5-8(7)11/h3-5H,2H2,1H3,(H,13,14). The summed E-state index contributed by atoms with van der Waals surface area (Å²) in [4.78, 5) is 21.6. The quantitative estimate of drug-likeness (QED) is 0.753. The molecule has 0 saturated carbocycles. The van der Waals surface area contributed by atoms with Gasteiger partial charge in [-0.25, -0.2) is 9.18 Å². The van der Waals surface area contributed by atoms with Gasteiger partial charge in [-0.2, -0.15) is 0 Å². The lowest BCUT2D eigenvalue weighted by Crippen LogP contribution is -2.03. The highest BCUT2D eigenvalue weighted by molar-refractivity contribution is 5.97. The van der Waals surface area contributed by atoms with Gasteiger partial charge >= 0.3 is 5.97 Å². The largest absolute Gasteiger partial charge is 0.478 e. The first-order chi connectivity index (χ1) is 6.56. The Hall–Kier alpha value is -1.71. The summed E-state index contributed by atoms with van der Waals surface area (Å²) >= 11 is 0. The molecule has 0 aliphatic heterocycles. The van der Waals surface area contributed by atoms with Crippen molar-refractivity contribution in [3.63, 3.8) is 0 Å². The van der Waals surface area contributed by atoms with Crippen LogP contribution in [-0.4, -0.2) is 16.9 Å². The summed E-state index contributed by atoms with van der Waals surface area (Å²) in [6, 6.07) is 3.27. The van der Waals surface area contributed by atoms with Crippen molar-refractivity contribution in [3.8, 4) is 0 Å². The maximum atomic E-state index is 13.2. The Bertz CT molecular complexity index is 385. The summed E-state index contributed by atoms with van der Waals surface area (Å²) in [6.45, 7) is 1.62. The van der Waals surface area contributed by atoms with Gasteiger partial charge in [0.1, 0.15) is 5.82 Å². The average Bonchev–Trinajstić information content (AvgIpc) is 2.16. The Morgan fingerprint density at radius 3 is 2.50 bits per heavy atom. The lowest BCUT2D eigenvalue weighted by Gasteiger charge is -2.01. The van der Waals surface area contributed by atoms with E-state index in [1.54, 1.807) is 6.92 Å². The lowest BCUT2D eigenvalue weighted by atomic mass is 10.1. The molecule has 0 aromatic heterocycles. The number of aromatic carboxylic acids is 1. The molecule has 0 heterocycles. The number of halogens is 1. The molecule has 14 heavy (non-hydrogen) atoms. The van der Waals surface area contributed by atoms with Crippen LogP contribution in [0.2, 0.25) is 0 Å². The van der Waals surface area contributed by atoms with Gasteiger partial charge in [-0.05, 0) is 18.2 Å². The molecular weight excluding hydrogens is 187 g/mol. The molecule has 0 saturated heterocycles. The lowest BCUT2D eigenvalue weighted by molar-refractivity contribution is 0.0695. The van der Waals surface area contributed by atoms with Crippen molar-refractivity contribution in [2.24, 2.45) is 0 Å². The number of carboxylic acid groups (broad SMARTS) is 1. The molecule has 0 atom stereocenters. The Balaban J connectivity index is 3.14. The molecule has 0 spiro atoms. The SMILES string of the molecule is CCC(=O)c1ccc(C(=O)O)cc1F. The molecule has 74 valence electrons. The van der Waals surface area contributed by atoms with E-state index < -0.39 is 11.8 Å². The second-order valence-electron chi connectivity index (χ2n) is 2.78. The predicted molar refractivity (Wildman–Crippen MR) is 48.0 cm³/mol. The fraction of sp³-hybridized carbons (Fsp3) is 0.200. The highest BCUT2D eigenvalue weighted by Crippen LogP contribution is 2.12. The summed E-state index contributed by atoms with van der Waals surface area (Å²) in [5.41, 5.74) is -0.215. The van der Waals surface area contributed by atoms with Gasteiger partial charge in [-0.3, -0.25) is 4.79 Å². The topological polar surface area (TPSA) is 54.4 Å². The van der Waals surface area contributed by atoms with E-state index >= 15 is 0 Å². The summed E-state index contributed by atoms with van der Waals surface area (Å²) in [6.07, 6.45) is 0.198. The first-order valence-electron chi connectivity index (χ1n) is 4.12. The monoisotopic (exact) mass is 196 g/mol. The molecular formula is C10H9FO3. The maximum Gasteiger partial charge on any atom is 0.335 e. The molecule has 0 unspecified atom stereocenters. The van der Waals surface area contributed by atoms with E-state index in [0.717, 1.165) is 6.07 Å². The molecule has 4 heteroatoms. The van der Waals surface area contributed by atoms with Crippen LogP contribution in [0, 0.1) is 5.82 Å². The number of carbonyl (C=O) groups excluding carboxylic acids is 1. The summed E-state index contributed by atoms with van der Waals surface area (Å²) in [7, 11) is 0. The zero-order valence-electron chi connectivity index (χ0n) is 7.58. The van der Waals surface area contributed by atoms with Crippen LogP contribution in [0.4, 0.5) is 4.39 Å². The normalized spacial score (nSPS) is 9.86. The van der Waals surface area contributed by atoms with Crippen molar-refractivity contribution in [2.45, 2.75) is 13.3 Å². The van der Waals surface area contributed by atoms with Crippen molar-refractivity contribution in [2.75, 3.05) is 0 Å². The summed E-state index contributed by atoms with van der Waals surface area (Å²) in [5.74, 6) is -2.32. The van der Waals surface area contributed by atoms with Crippen molar-refractivity contribution in [1.29, 1.82) is 0 Å². The third-order valence-electron chi connectivity index (χ3n) is 1.84. The van der Waals surface area contributed by atoms with Crippen LogP contribution in [0.1, 0.15) is 34.1 Å². The van der Waals surface area contributed by atoms with E-state index in [0.29, 0.717) is 0 Å². The van der Waals surface area contributed by atoms with Crippen molar-refractivity contribution in [3.05, 3.63) is 35.1 Å². The molecule has 0 fully saturated rings. The average molecular weight is 196 g/mol. The smallest absolute Gasteiger partial charge is 0.335 e. The van der Waals surface area contributed by atoms with Crippen LogP contribution in [0.5, 0.6) is 0 Å². The van der Waals surface area contributed by atoms with E-state index in [4.69, 9.17) is 5.11 Å². The predicted octanol–water partition coefficient (Wildman–Crippen LogP) is 2.12. The van der Waals surface area contributed by atoms with Gasteiger partial charge in [0.15, 0.2) is 5.78 Å². The molecule has 1 rings (SSSR count). The van der Waals surface area contributed by atoms with Gasteiger partial charge in [0.05, 0.1) is 11.1 Å². The Kier molecular flexibility index (Phi) is 2.96. The van der Waals surface area contributed by atoms with Gasteiger partial charge in [-0.1, -0.05) is 6.92 Å². The highest BCUT2D eigenvalue weighted by atomic mass is 19.1. The number of hydrogen-bond donors (Lipinski definition) is 1. The zero-order chi connectivity index (χ0) is 10.7. The fourth-order valence-corrected chi connectivity index (χ4v) is 1.06. The number of carbonyl (C=O) groups is 2. The van der Waals surface area contributed by atoms with Gasteiger partial charge < -0.3 is 5.11 Å². The number of rotatable bonds is 3. The van der Waals surface area contributed by atoms with Gasteiger partial charge in [0.2, 0.25) is 0 Å². The van der Waals surface area contributed by atoms with Crippen LogP contribution in [0.25, 0.3) is 0 Å². The minimum atomic E-state index is -1.21. The number of carboxylic acids is 1. The van der Waals surface area contributed by atoms with Crippen molar-refractivity contribution < 1.29 is 19.1 Å². The second kappa shape index (κ2) is 4.00. The first-order valence-corrected chi connectivity index (χ1v) is 4.12. The number of Topliss-reactive ketones (excluding diaryl/α,β-unsaturated/α-hetero) is 1.